The van der Waals surface area contributed by atoms with Crippen molar-refractivity contribution >= 4 is 11.8 Å². The van der Waals surface area contributed by atoms with E-state index in [1.807, 2.05) is 53.4 Å². The molecule has 0 spiro atoms. The molecule has 0 bridgehead atoms. The van der Waals surface area contributed by atoms with Gasteiger partial charge < -0.3 is 19.7 Å². The lowest BCUT2D eigenvalue weighted by molar-refractivity contribution is -0.139. The number of rotatable bonds is 10. The van der Waals surface area contributed by atoms with E-state index in [0.29, 0.717) is 43.6 Å². The average Bonchev–Trinajstić information content (AvgIpc) is 3.65. The zero-order valence-corrected chi connectivity index (χ0v) is 19.5. The predicted molar refractivity (Wildman–Crippen MR) is 126 cm³/mol. The second-order valence-corrected chi connectivity index (χ2v) is 8.84. The van der Waals surface area contributed by atoms with Gasteiger partial charge in [0.05, 0.1) is 26.7 Å². The molecular weight excluding hydrogens is 418 g/mol. The van der Waals surface area contributed by atoms with Crippen LogP contribution in [-0.4, -0.2) is 61.5 Å². The summed E-state index contributed by atoms with van der Waals surface area (Å²) < 4.78 is 11.0. The molecule has 33 heavy (non-hydrogen) atoms. The molecule has 7 nitrogen and oxygen atoms in total. The predicted octanol–water partition coefficient (Wildman–Crippen LogP) is 2.83. The SMILES string of the molecule is COc1cccc(CN2CCNC(=O)C2CC(=O)N(Cc2ccccc2)CC2CC2)c1OC. The topological polar surface area (TPSA) is 71.1 Å². The third-order valence-electron chi connectivity index (χ3n) is 6.41. The zero-order chi connectivity index (χ0) is 23.2. The van der Waals surface area contributed by atoms with Crippen molar-refractivity contribution in [3.63, 3.8) is 0 Å². The lowest BCUT2D eigenvalue weighted by atomic mass is 10.0. The van der Waals surface area contributed by atoms with E-state index >= 15 is 0 Å². The summed E-state index contributed by atoms with van der Waals surface area (Å²) in [4.78, 5) is 30.3. The number of carbonyl (C=O) groups is 2. The van der Waals surface area contributed by atoms with Crippen LogP contribution in [0.5, 0.6) is 11.5 Å². The van der Waals surface area contributed by atoms with Gasteiger partial charge in [0, 0.05) is 38.3 Å². The summed E-state index contributed by atoms with van der Waals surface area (Å²) in [6.45, 7) is 3.07. The van der Waals surface area contributed by atoms with E-state index < -0.39 is 6.04 Å². The Bertz CT molecular complexity index is 961. The Morgan fingerprint density at radius 2 is 1.88 bits per heavy atom. The Morgan fingerprint density at radius 1 is 1.09 bits per heavy atom. The van der Waals surface area contributed by atoms with E-state index in [1.54, 1.807) is 14.2 Å². The molecule has 1 atom stereocenters. The van der Waals surface area contributed by atoms with Crippen molar-refractivity contribution < 1.29 is 19.1 Å². The Kier molecular flexibility index (Phi) is 7.50. The van der Waals surface area contributed by atoms with Crippen LogP contribution in [0.15, 0.2) is 48.5 Å². The van der Waals surface area contributed by atoms with Gasteiger partial charge >= 0.3 is 0 Å². The largest absolute Gasteiger partial charge is 0.493 e. The monoisotopic (exact) mass is 451 g/mol. The fourth-order valence-corrected chi connectivity index (χ4v) is 4.44. The molecule has 1 aliphatic carbocycles. The second-order valence-electron chi connectivity index (χ2n) is 8.84. The molecule has 2 fully saturated rings. The van der Waals surface area contributed by atoms with Gasteiger partial charge in [0.15, 0.2) is 11.5 Å². The molecule has 7 heteroatoms. The van der Waals surface area contributed by atoms with Gasteiger partial charge in [0.25, 0.3) is 0 Å². The van der Waals surface area contributed by atoms with Crippen LogP contribution in [-0.2, 0) is 22.7 Å². The van der Waals surface area contributed by atoms with Crippen molar-refractivity contribution in [2.75, 3.05) is 33.9 Å². The van der Waals surface area contributed by atoms with E-state index in [1.165, 1.54) is 12.8 Å². The van der Waals surface area contributed by atoms with Crippen LogP contribution in [0.2, 0.25) is 0 Å². The highest BCUT2D eigenvalue weighted by atomic mass is 16.5. The number of hydrogen-bond donors (Lipinski definition) is 1. The first-order valence-corrected chi connectivity index (χ1v) is 11.6. The van der Waals surface area contributed by atoms with Gasteiger partial charge in [-0.05, 0) is 30.4 Å². The molecule has 4 rings (SSSR count). The number of ether oxygens (including phenoxy) is 2. The quantitative estimate of drug-likeness (QED) is 0.602. The highest BCUT2D eigenvalue weighted by Crippen LogP contribution is 2.33. The maximum atomic E-state index is 13.4. The molecule has 2 aromatic rings. The minimum atomic E-state index is -0.514. The number of methoxy groups -OCH3 is 2. The molecule has 1 saturated heterocycles. The Labute approximate surface area is 195 Å². The van der Waals surface area contributed by atoms with Gasteiger partial charge in [-0.25, -0.2) is 0 Å². The highest BCUT2D eigenvalue weighted by Gasteiger charge is 2.35. The molecule has 2 amide bonds. The van der Waals surface area contributed by atoms with E-state index in [4.69, 9.17) is 9.47 Å². The third-order valence-corrected chi connectivity index (χ3v) is 6.41. The van der Waals surface area contributed by atoms with Crippen LogP contribution >= 0.6 is 0 Å². The standard InChI is InChI=1S/C26H33N3O4/c1-32-23-10-6-9-21(25(23)33-2)18-28-14-13-27-26(31)22(28)15-24(30)29(17-20-11-12-20)16-19-7-4-3-5-8-19/h3-10,20,22H,11-18H2,1-2H3,(H,27,31). The molecule has 1 unspecified atom stereocenters. The molecule has 0 aromatic heterocycles. The Morgan fingerprint density at radius 3 is 2.58 bits per heavy atom. The summed E-state index contributed by atoms with van der Waals surface area (Å²) in [5.41, 5.74) is 2.04. The van der Waals surface area contributed by atoms with Gasteiger partial charge in [0.1, 0.15) is 0 Å². The van der Waals surface area contributed by atoms with Crippen molar-refractivity contribution in [1.82, 2.24) is 15.1 Å². The van der Waals surface area contributed by atoms with Crippen LogP contribution in [0, 0.1) is 5.92 Å². The Hall–Kier alpha value is -3.06. The molecule has 2 aliphatic rings. The summed E-state index contributed by atoms with van der Waals surface area (Å²) in [6.07, 6.45) is 2.51. The normalized spacial score (nSPS) is 18.5. The first-order valence-electron chi connectivity index (χ1n) is 11.6. The van der Waals surface area contributed by atoms with Gasteiger partial charge in [-0.1, -0.05) is 42.5 Å². The first-order chi connectivity index (χ1) is 16.1. The van der Waals surface area contributed by atoms with Crippen LogP contribution in [0.25, 0.3) is 0 Å². The van der Waals surface area contributed by atoms with E-state index in [0.717, 1.165) is 17.7 Å². The fraction of sp³-hybridized carbons (Fsp3) is 0.462. The van der Waals surface area contributed by atoms with Crippen LogP contribution in [0.4, 0.5) is 0 Å². The second kappa shape index (κ2) is 10.7. The van der Waals surface area contributed by atoms with Gasteiger partial charge in [-0.15, -0.1) is 0 Å². The number of amides is 2. The summed E-state index contributed by atoms with van der Waals surface area (Å²) >= 11 is 0. The summed E-state index contributed by atoms with van der Waals surface area (Å²) in [6, 6.07) is 15.3. The number of carbonyl (C=O) groups excluding carboxylic acids is 2. The van der Waals surface area contributed by atoms with Crippen LogP contribution in [0.1, 0.15) is 30.4 Å². The number of hydrogen-bond acceptors (Lipinski definition) is 5. The summed E-state index contributed by atoms with van der Waals surface area (Å²) in [5.74, 6) is 1.83. The number of piperazine rings is 1. The van der Waals surface area contributed by atoms with Crippen molar-refractivity contribution in [3.8, 4) is 11.5 Å². The van der Waals surface area contributed by atoms with E-state index in [9.17, 15) is 9.59 Å². The maximum absolute atomic E-state index is 13.4. The van der Waals surface area contributed by atoms with Crippen molar-refractivity contribution in [2.24, 2.45) is 5.92 Å². The maximum Gasteiger partial charge on any atom is 0.237 e. The van der Waals surface area contributed by atoms with Crippen molar-refractivity contribution in [1.29, 1.82) is 0 Å². The Balaban J connectivity index is 1.50. The molecule has 0 radical (unpaired) electrons. The molecule has 1 N–H and O–H groups in total. The van der Waals surface area contributed by atoms with Crippen LogP contribution < -0.4 is 14.8 Å². The number of nitrogens with one attached hydrogen (secondary N) is 1. The number of nitrogens with zero attached hydrogens (tertiary/aromatic N) is 2. The third kappa shape index (κ3) is 5.85. The smallest absolute Gasteiger partial charge is 0.237 e. The van der Waals surface area contributed by atoms with Crippen LogP contribution in [0.3, 0.4) is 0 Å². The van der Waals surface area contributed by atoms with E-state index in [-0.39, 0.29) is 18.2 Å². The van der Waals surface area contributed by atoms with Crippen molar-refractivity contribution in [3.05, 3.63) is 59.7 Å². The minimum Gasteiger partial charge on any atom is -0.493 e. The highest BCUT2D eigenvalue weighted by molar-refractivity contribution is 5.89. The summed E-state index contributed by atoms with van der Waals surface area (Å²) in [5, 5.41) is 2.94. The first kappa shape index (κ1) is 23.1. The van der Waals surface area contributed by atoms with Gasteiger partial charge in [0.2, 0.25) is 11.8 Å². The minimum absolute atomic E-state index is 0.0235. The molecule has 1 heterocycles. The van der Waals surface area contributed by atoms with Gasteiger partial charge in [-0.3, -0.25) is 14.5 Å². The average molecular weight is 452 g/mol. The number of benzene rings is 2. The molecule has 176 valence electrons. The van der Waals surface area contributed by atoms with Gasteiger partial charge in [-0.2, -0.15) is 0 Å². The molecule has 1 aliphatic heterocycles. The lowest BCUT2D eigenvalue weighted by Crippen LogP contribution is -2.56. The molecule has 1 saturated carbocycles. The van der Waals surface area contributed by atoms with E-state index in [2.05, 4.69) is 10.2 Å². The molecule has 2 aromatic carbocycles. The fourth-order valence-electron chi connectivity index (χ4n) is 4.44. The number of para-hydroxylation sites is 1. The molecular formula is C26H33N3O4. The lowest BCUT2D eigenvalue weighted by Gasteiger charge is -2.36. The summed E-state index contributed by atoms with van der Waals surface area (Å²) in [7, 11) is 3.23. The van der Waals surface area contributed by atoms with Crippen molar-refractivity contribution in [2.45, 2.75) is 38.4 Å². The zero-order valence-electron chi connectivity index (χ0n) is 19.5.